The van der Waals surface area contributed by atoms with Crippen molar-refractivity contribution in [2.45, 2.75) is 46.2 Å². The zero-order valence-corrected chi connectivity index (χ0v) is 12.8. The number of fused-ring (bicyclic) bond motifs is 1. The van der Waals surface area contributed by atoms with Gasteiger partial charge in [-0.05, 0) is 37.5 Å². The van der Waals surface area contributed by atoms with Crippen LogP contribution in [0.5, 0.6) is 0 Å². The Morgan fingerprint density at radius 1 is 1.24 bits per heavy atom. The number of aryl methyl sites for hydroxylation is 2. The molecule has 0 fully saturated rings. The Hall–Kier alpha value is -1.81. The molecule has 1 aliphatic rings. The van der Waals surface area contributed by atoms with Crippen LogP contribution in [-0.4, -0.2) is 26.4 Å². The predicted molar refractivity (Wildman–Crippen MR) is 82.8 cm³/mol. The second kappa shape index (κ2) is 6.31. The minimum absolute atomic E-state index is 0.897. The van der Waals surface area contributed by atoms with Gasteiger partial charge in [-0.1, -0.05) is 13.0 Å². The molecule has 0 unspecified atom stereocenters. The monoisotopic (exact) mass is 282 g/mol. The van der Waals surface area contributed by atoms with Crippen LogP contribution in [0.2, 0.25) is 0 Å². The van der Waals surface area contributed by atoms with Crippen molar-refractivity contribution in [3.63, 3.8) is 0 Å². The van der Waals surface area contributed by atoms with Crippen molar-refractivity contribution in [3.8, 4) is 0 Å². The number of hydrogen-bond acceptors (Lipinski definition) is 4. The summed E-state index contributed by atoms with van der Waals surface area (Å²) in [4.78, 5) is 16.2. The van der Waals surface area contributed by atoms with Gasteiger partial charge >= 0.3 is 0 Å². The topological polar surface area (TPSA) is 41.9 Å². The summed E-state index contributed by atoms with van der Waals surface area (Å²) in [6.45, 7) is 7.06. The first kappa shape index (κ1) is 14.1. The van der Waals surface area contributed by atoms with Gasteiger partial charge in [0.15, 0.2) is 0 Å². The molecular weight excluding hydrogens is 260 g/mol. The van der Waals surface area contributed by atoms with Crippen LogP contribution in [0, 0.1) is 6.92 Å². The van der Waals surface area contributed by atoms with E-state index in [1.807, 2.05) is 19.2 Å². The van der Waals surface area contributed by atoms with E-state index in [4.69, 9.17) is 4.98 Å². The first-order valence-electron chi connectivity index (χ1n) is 7.73. The van der Waals surface area contributed by atoms with Crippen molar-refractivity contribution in [1.82, 2.24) is 19.9 Å². The highest BCUT2D eigenvalue weighted by Gasteiger charge is 2.18. The molecule has 21 heavy (non-hydrogen) atoms. The van der Waals surface area contributed by atoms with E-state index >= 15 is 0 Å². The van der Waals surface area contributed by atoms with E-state index in [9.17, 15) is 0 Å². The van der Waals surface area contributed by atoms with Gasteiger partial charge in [-0.25, -0.2) is 9.97 Å². The maximum absolute atomic E-state index is 4.74. The van der Waals surface area contributed by atoms with Crippen molar-refractivity contribution in [3.05, 3.63) is 52.9 Å². The molecule has 3 rings (SSSR count). The van der Waals surface area contributed by atoms with Crippen LogP contribution in [0.1, 0.15) is 41.8 Å². The molecule has 0 aromatic carbocycles. The van der Waals surface area contributed by atoms with Crippen LogP contribution in [0.3, 0.4) is 0 Å². The molecule has 110 valence electrons. The third kappa shape index (κ3) is 3.45. The predicted octanol–water partition coefficient (Wildman–Crippen LogP) is 2.69. The molecule has 0 N–H and O–H groups in total. The van der Waals surface area contributed by atoms with E-state index in [0.29, 0.717) is 0 Å². The second-order valence-corrected chi connectivity index (χ2v) is 5.74. The van der Waals surface area contributed by atoms with Crippen LogP contribution in [0.15, 0.2) is 24.4 Å². The summed E-state index contributed by atoms with van der Waals surface area (Å²) < 4.78 is 0. The first-order chi connectivity index (χ1) is 10.2. The molecule has 4 heteroatoms. The fourth-order valence-corrected chi connectivity index (χ4v) is 2.79. The Morgan fingerprint density at radius 3 is 2.95 bits per heavy atom. The van der Waals surface area contributed by atoms with Crippen molar-refractivity contribution >= 4 is 0 Å². The number of nitrogens with zero attached hydrogens (tertiary/aromatic N) is 4. The molecule has 0 bridgehead atoms. The summed E-state index contributed by atoms with van der Waals surface area (Å²) in [6, 6.07) is 6.22. The van der Waals surface area contributed by atoms with Gasteiger partial charge in [0.05, 0.1) is 11.4 Å². The second-order valence-electron chi connectivity index (χ2n) is 5.74. The lowest BCUT2D eigenvalue weighted by Gasteiger charge is -2.27. The number of hydrogen-bond donors (Lipinski definition) is 0. The summed E-state index contributed by atoms with van der Waals surface area (Å²) in [6.07, 6.45) is 5.12. The molecule has 3 heterocycles. The summed E-state index contributed by atoms with van der Waals surface area (Å²) in [5.74, 6) is 0.979. The van der Waals surface area contributed by atoms with E-state index < -0.39 is 0 Å². The zero-order chi connectivity index (χ0) is 14.7. The van der Waals surface area contributed by atoms with E-state index in [1.165, 1.54) is 11.3 Å². The van der Waals surface area contributed by atoms with Gasteiger partial charge in [-0.2, -0.15) is 0 Å². The zero-order valence-electron chi connectivity index (χ0n) is 12.8. The minimum atomic E-state index is 0.897. The molecule has 0 aliphatic carbocycles. The number of aromatic nitrogens is 3. The Balaban J connectivity index is 1.72. The minimum Gasteiger partial charge on any atom is -0.291 e. The van der Waals surface area contributed by atoms with Gasteiger partial charge in [0.1, 0.15) is 5.82 Å². The molecule has 4 nitrogen and oxygen atoms in total. The fourth-order valence-electron chi connectivity index (χ4n) is 2.79. The lowest BCUT2D eigenvalue weighted by atomic mass is 10.1. The number of pyridine rings is 1. The summed E-state index contributed by atoms with van der Waals surface area (Å²) in [5.41, 5.74) is 4.73. The average molecular weight is 282 g/mol. The largest absolute Gasteiger partial charge is 0.291 e. The Bertz CT molecular complexity index is 624. The normalized spacial score (nSPS) is 15.0. The van der Waals surface area contributed by atoms with Crippen molar-refractivity contribution in [2.24, 2.45) is 0 Å². The van der Waals surface area contributed by atoms with Gasteiger partial charge in [-0.15, -0.1) is 0 Å². The molecule has 0 saturated carbocycles. The van der Waals surface area contributed by atoms with Crippen molar-refractivity contribution < 1.29 is 0 Å². The van der Waals surface area contributed by atoms with Crippen molar-refractivity contribution in [2.75, 3.05) is 6.54 Å². The van der Waals surface area contributed by atoms with Gasteiger partial charge in [0.25, 0.3) is 0 Å². The highest BCUT2D eigenvalue weighted by atomic mass is 15.1. The third-order valence-corrected chi connectivity index (χ3v) is 3.88. The van der Waals surface area contributed by atoms with Gasteiger partial charge < -0.3 is 0 Å². The summed E-state index contributed by atoms with van der Waals surface area (Å²) in [5, 5.41) is 0. The lowest BCUT2D eigenvalue weighted by molar-refractivity contribution is 0.238. The molecule has 0 spiro atoms. The van der Waals surface area contributed by atoms with Crippen LogP contribution >= 0.6 is 0 Å². The number of rotatable bonds is 4. The lowest BCUT2D eigenvalue weighted by Crippen LogP contribution is -2.31. The fraction of sp³-hybridized carbons (Fsp3) is 0.471. The molecule has 0 amide bonds. The van der Waals surface area contributed by atoms with Gasteiger partial charge in [-0.3, -0.25) is 9.88 Å². The molecule has 2 aromatic rings. The summed E-state index contributed by atoms with van der Waals surface area (Å²) >= 11 is 0. The van der Waals surface area contributed by atoms with Crippen LogP contribution in [0.4, 0.5) is 0 Å². The maximum atomic E-state index is 4.74. The smallest absolute Gasteiger partial charge is 0.128 e. The summed E-state index contributed by atoms with van der Waals surface area (Å²) in [7, 11) is 0. The van der Waals surface area contributed by atoms with E-state index in [2.05, 4.69) is 33.9 Å². The molecular formula is C17H22N4. The SMILES string of the molecule is CCCc1ncc2c(n1)CN(Cc1cccc(C)n1)CC2. The highest BCUT2D eigenvalue weighted by molar-refractivity contribution is 5.21. The average Bonchev–Trinajstić information content (AvgIpc) is 2.47. The van der Waals surface area contributed by atoms with Crippen LogP contribution < -0.4 is 0 Å². The van der Waals surface area contributed by atoms with E-state index in [1.54, 1.807) is 0 Å². The quantitative estimate of drug-likeness (QED) is 0.864. The Kier molecular flexibility index (Phi) is 4.25. The molecule has 2 aromatic heterocycles. The molecule has 0 saturated heterocycles. The Labute approximate surface area is 126 Å². The highest BCUT2D eigenvalue weighted by Crippen LogP contribution is 2.18. The standard InChI is InChI=1S/C17H22N4/c1-3-5-17-18-10-14-8-9-21(12-16(14)20-17)11-15-7-4-6-13(2)19-15/h4,6-7,10H,3,5,8-9,11-12H2,1-2H3. The van der Waals surface area contributed by atoms with Crippen LogP contribution in [-0.2, 0) is 25.9 Å². The Morgan fingerprint density at radius 2 is 2.14 bits per heavy atom. The van der Waals surface area contributed by atoms with E-state index in [0.717, 1.165) is 56.1 Å². The van der Waals surface area contributed by atoms with Gasteiger partial charge in [0, 0.05) is 37.9 Å². The third-order valence-electron chi connectivity index (χ3n) is 3.88. The van der Waals surface area contributed by atoms with Crippen LogP contribution in [0.25, 0.3) is 0 Å². The molecule has 0 atom stereocenters. The van der Waals surface area contributed by atoms with E-state index in [-0.39, 0.29) is 0 Å². The molecule has 0 radical (unpaired) electrons. The first-order valence-corrected chi connectivity index (χ1v) is 7.73. The molecule has 1 aliphatic heterocycles. The van der Waals surface area contributed by atoms with Crippen molar-refractivity contribution in [1.29, 1.82) is 0 Å². The maximum Gasteiger partial charge on any atom is 0.128 e. The van der Waals surface area contributed by atoms with Gasteiger partial charge in [0.2, 0.25) is 0 Å².